The number of sulfonamides is 1. The van der Waals surface area contributed by atoms with E-state index in [9.17, 15) is 8.42 Å². The molecule has 4 nitrogen and oxygen atoms in total. The summed E-state index contributed by atoms with van der Waals surface area (Å²) < 4.78 is 25.8. The van der Waals surface area contributed by atoms with Gasteiger partial charge in [-0.25, -0.2) is 13.1 Å². The van der Waals surface area contributed by atoms with Crippen molar-refractivity contribution in [3.63, 3.8) is 0 Å². The van der Waals surface area contributed by atoms with Crippen molar-refractivity contribution >= 4 is 10.0 Å². The fourth-order valence-electron chi connectivity index (χ4n) is 2.37. The highest BCUT2D eigenvalue weighted by Gasteiger charge is 2.12. The highest BCUT2D eigenvalue weighted by Crippen LogP contribution is 2.16. The second-order valence-electron chi connectivity index (χ2n) is 5.21. The first-order chi connectivity index (χ1) is 8.64. The summed E-state index contributed by atoms with van der Waals surface area (Å²) in [4.78, 5) is 0. The van der Waals surface area contributed by atoms with Crippen molar-refractivity contribution in [1.82, 2.24) is 10.0 Å². The SMILES string of the molecule is CCCCS(=O)(=O)NCCNC1CCCCCC1. The Morgan fingerprint density at radius 2 is 1.72 bits per heavy atom. The average Bonchev–Trinajstić information content (AvgIpc) is 2.61. The van der Waals surface area contributed by atoms with Gasteiger partial charge in [0.05, 0.1) is 5.75 Å². The van der Waals surface area contributed by atoms with E-state index < -0.39 is 10.0 Å². The molecule has 0 radical (unpaired) electrons. The normalized spacial score (nSPS) is 18.7. The van der Waals surface area contributed by atoms with Crippen molar-refractivity contribution in [3.8, 4) is 0 Å². The number of hydrogen-bond acceptors (Lipinski definition) is 3. The number of unbranched alkanes of at least 4 members (excludes halogenated alkanes) is 1. The monoisotopic (exact) mass is 276 g/mol. The van der Waals surface area contributed by atoms with Crippen molar-refractivity contribution < 1.29 is 8.42 Å². The van der Waals surface area contributed by atoms with Gasteiger partial charge >= 0.3 is 0 Å². The molecule has 0 aromatic carbocycles. The molecule has 0 aliphatic heterocycles. The summed E-state index contributed by atoms with van der Waals surface area (Å²) in [5.74, 6) is 0.257. The summed E-state index contributed by atoms with van der Waals surface area (Å²) in [5.41, 5.74) is 0. The van der Waals surface area contributed by atoms with Crippen LogP contribution in [-0.2, 0) is 10.0 Å². The average molecular weight is 276 g/mol. The molecule has 1 rings (SSSR count). The van der Waals surface area contributed by atoms with E-state index in [1.807, 2.05) is 6.92 Å². The lowest BCUT2D eigenvalue weighted by molar-refractivity contribution is 0.461. The Morgan fingerprint density at radius 1 is 1.06 bits per heavy atom. The smallest absolute Gasteiger partial charge is 0.211 e. The molecule has 0 unspecified atom stereocenters. The first-order valence-electron chi connectivity index (χ1n) is 7.35. The van der Waals surface area contributed by atoms with E-state index >= 15 is 0 Å². The van der Waals surface area contributed by atoms with E-state index in [-0.39, 0.29) is 5.75 Å². The standard InChI is InChI=1S/C13H28N2O2S/c1-2-3-12-18(16,17)15-11-10-14-13-8-6-4-5-7-9-13/h13-15H,2-12H2,1H3. The topological polar surface area (TPSA) is 58.2 Å². The minimum atomic E-state index is -3.04. The summed E-state index contributed by atoms with van der Waals surface area (Å²) >= 11 is 0. The van der Waals surface area contributed by atoms with Crippen LogP contribution in [0.3, 0.4) is 0 Å². The Labute approximate surface area is 112 Å². The lowest BCUT2D eigenvalue weighted by Crippen LogP contribution is -2.37. The second-order valence-corrected chi connectivity index (χ2v) is 7.14. The Balaban J connectivity index is 2.10. The van der Waals surface area contributed by atoms with Crippen LogP contribution >= 0.6 is 0 Å². The van der Waals surface area contributed by atoms with Crippen LogP contribution < -0.4 is 10.0 Å². The molecule has 0 bridgehead atoms. The van der Waals surface area contributed by atoms with Gasteiger partial charge in [-0.3, -0.25) is 0 Å². The maximum atomic E-state index is 11.6. The van der Waals surface area contributed by atoms with Crippen molar-refractivity contribution in [1.29, 1.82) is 0 Å². The molecular formula is C13H28N2O2S. The van der Waals surface area contributed by atoms with E-state index in [1.165, 1.54) is 38.5 Å². The largest absolute Gasteiger partial charge is 0.313 e. The number of nitrogens with one attached hydrogen (secondary N) is 2. The minimum absolute atomic E-state index is 0.257. The van der Waals surface area contributed by atoms with Crippen molar-refractivity contribution in [3.05, 3.63) is 0 Å². The van der Waals surface area contributed by atoms with Gasteiger partial charge in [0.15, 0.2) is 0 Å². The van der Waals surface area contributed by atoms with Gasteiger partial charge in [0.25, 0.3) is 0 Å². The van der Waals surface area contributed by atoms with Crippen LogP contribution in [0.2, 0.25) is 0 Å². The highest BCUT2D eigenvalue weighted by atomic mass is 32.2. The zero-order valence-corrected chi connectivity index (χ0v) is 12.4. The molecule has 0 saturated heterocycles. The summed E-state index contributed by atoms with van der Waals surface area (Å²) in [5, 5.41) is 3.46. The molecular weight excluding hydrogens is 248 g/mol. The van der Waals surface area contributed by atoms with Gasteiger partial charge in [0, 0.05) is 19.1 Å². The van der Waals surface area contributed by atoms with Gasteiger partial charge in [-0.2, -0.15) is 0 Å². The van der Waals surface area contributed by atoms with E-state index in [0.29, 0.717) is 12.6 Å². The van der Waals surface area contributed by atoms with Crippen LogP contribution in [0.1, 0.15) is 58.3 Å². The third-order valence-electron chi connectivity index (χ3n) is 3.50. The molecule has 2 N–H and O–H groups in total. The highest BCUT2D eigenvalue weighted by molar-refractivity contribution is 7.89. The minimum Gasteiger partial charge on any atom is -0.313 e. The molecule has 1 saturated carbocycles. The fraction of sp³-hybridized carbons (Fsp3) is 1.00. The quantitative estimate of drug-likeness (QED) is 0.527. The van der Waals surface area contributed by atoms with E-state index in [2.05, 4.69) is 10.0 Å². The van der Waals surface area contributed by atoms with Crippen LogP contribution in [-0.4, -0.2) is 33.3 Å². The van der Waals surface area contributed by atoms with Crippen LogP contribution in [0.15, 0.2) is 0 Å². The fourth-order valence-corrected chi connectivity index (χ4v) is 3.60. The Kier molecular flexibility index (Phi) is 7.86. The molecule has 5 heteroatoms. The predicted molar refractivity (Wildman–Crippen MR) is 76.2 cm³/mol. The Hall–Kier alpha value is -0.130. The van der Waals surface area contributed by atoms with Gasteiger partial charge in [-0.05, 0) is 19.3 Å². The second kappa shape index (κ2) is 8.88. The van der Waals surface area contributed by atoms with Gasteiger partial charge in [-0.1, -0.05) is 39.0 Å². The van der Waals surface area contributed by atoms with E-state index in [0.717, 1.165) is 19.4 Å². The zero-order valence-electron chi connectivity index (χ0n) is 11.6. The molecule has 108 valence electrons. The lowest BCUT2D eigenvalue weighted by Gasteiger charge is -2.16. The molecule has 1 fully saturated rings. The molecule has 0 aromatic heterocycles. The summed E-state index contributed by atoms with van der Waals surface area (Å²) in [6.07, 6.45) is 9.45. The first-order valence-corrected chi connectivity index (χ1v) is 9.00. The van der Waals surface area contributed by atoms with Crippen LogP contribution in [0.4, 0.5) is 0 Å². The lowest BCUT2D eigenvalue weighted by atomic mass is 10.1. The Bertz CT molecular complexity index is 296. The van der Waals surface area contributed by atoms with Crippen molar-refractivity contribution in [2.45, 2.75) is 64.3 Å². The zero-order chi connectivity index (χ0) is 13.3. The number of hydrogen-bond donors (Lipinski definition) is 2. The van der Waals surface area contributed by atoms with E-state index in [4.69, 9.17) is 0 Å². The maximum absolute atomic E-state index is 11.6. The summed E-state index contributed by atoms with van der Waals surface area (Å²) in [6.45, 7) is 3.27. The first kappa shape index (κ1) is 15.9. The van der Waals surface area contributed by atoms with Gasteiger partial charge < -0.3 is 5.32 Å². The van der Waals surface area contributed by atoms with Crippen LogP contribution in [0.5, 0.6) is 0 Å². The third-order valence-corrected chi connectivity index (χ3v) is 4.97. The van der Waals surface area contributed by atoms with Gasteiger partial charge in [-0.15, -0.1) is 0 Å². The molecule has 1 aliphatic rings. The molecule has 0 heterocycles. The summed E-state index contributed by atoms with van der Waals surface area (Å²) in [7, 11) is -3.04. The van der Waals surface area contributed by atoms with Crippen LogP contribution in [0, 0.1) is 0 Å². The van der Waals surface area contributed by atoms with Crippen molar-refractivity contribution in [2.24, 2.45) is 0 Å². The van der Waals surface area contributed by atoms with Crippen LogP contribution in [0.25, 0.3) is 0 Å². The maximum Gasteiger partial charge on any atom is 0.211 e. The molecule has 0 aromatic rings. The third kappa shape index (κ3) is 7.34. The molecule has 0 atom stereocenters. The van der Waals surface area contributed by atoms with Crippen molar-refractivity contribution in [2.75, 3.05) is 18.8 Å². The molecule has 18 heavy (non-hydrogen) atoms. The van der Waals surface area contributed by atoms with E-state index in [1.54, 1.807) is 0 Å². The molecule has 0 amide bonds. The molecule has 1 aliphatic carbocycles. The predicted octanol–water partition coefficient (Wildman–Crippen LogP) is 2.02. The summed E-state index contributed by atoms with van der Waals surface area (Å²) in [6, 6.07) is 0.590. The van der Waals surface area contributed by atoms with Gasteiger partial charge in [0.1, 0.15) is 0 Å². The Morgan fingerprint density at radius 3 is 2.33 bits per heavy atom. The van der Waals surface area contributed by atoms with Gasteiger partial charge in [0.2, 0.25) is 10.0 Å². The molecule has 0 spiro atoms. The number of rotatable bonds is 8.